The SMILES string of the molecule is C=CCON([C@H]1CN(C(=O)OC(C)(C)C)[C@@H](CO)C=C1C(C)C)S(=O)(=O)c1ccccc1[N+](=O)[O-]. The number of carbonyl (C=O) groups is 1. The minimum absolute atomic E-state index is 0.203. The van der Waals surface area contributed by atoms with Gasteiger partial charge in [-0.15, -0.1) is 6.58 Å². The third kappa shape index (κ3) is 6.66. The van der Waals surface area contributed by atoms with Crippen LogP contribution in [0.3, 0.4) is 0 Å². The van der Waals surface area contributed by atoms with Gasteiger partial charge in [-0.2, -0.15) is 0 Å². The molecule has 2 rings (SSSR count). The maximum atomic E-state index is 13.7. The molecule has 11 nitrogen and oxygen atoms in total. The van der Waals surface area contributed by atoms with Crippen LogP contribution in [0.15, 0.2) is 53.5 Å². The minimum atomic E-state index is -4.58. The Kier molecular flexibility index (Phi) is 9.17. The summed E-state index contributed by atoms with van der Waals surface area (Å²) in [4.78, 5) is 30.0. The van der Waals surface area contributed by atoms with E-state index in [0.717, 1.165) is 12.1 Å². The summed E-state index contributed by atoms with van der Waals surface area (Å²) in [5.41, 5.74) is -0.859. The van der Waals surface area contributed by atoms with Crippen LogP contribution in [-0.4, -0.2) is 71.4 Å². The van der Waals surface area contributed by atoms with E-state index in [1.807, 2.05) is 13.8 Å². The average molecular weight is 512 g/mol. The number of aliphatic hydroxyl groups excluding tert-OH is 1. The molecule has 0 saturated heterocycles. The molecule has 0 saturated carbocycles. The smallest absolute Gasteiger partial charge is 0.410 e. The molecule has 0 spiro atoms. The number of hydrogen-bond acceptors (Lipinski definition) is 8. The maximum Gasteiger partial charge on any atom is 0.410 e. The number of amides is 1. The molecule has 0 aliphatic carbocycles. The molecule has 1 aromatic rings. The summed E-state index contributed by atoms with van der Waals surface area (Å²) in [7, 11) is -4.58. The van der Waals surface area contributed by atoms with Crippen molar-refractivity contribution in [2.45, 2.75) is 57.2 Å². The largest absolute Gasteiger partial charge is 0.444 e. The van der Waals surface area contributed by atoms with Crippen molar-refractivity contribution in [3.05, 3.63) is 58.7 Å². The number of nitrogens with zero attached hydrogens (tertiary/aromatic N) is 3. The number of hydrogen-bond donors (Lipinski definition) is 1. The highest BCUT2D eigenvalue weighted by atomic mass is 32.2. The zero-order valence-electron chi connectivity index (χ0n) is 20.6. The van der Waals surface area contributed by atoms with Crippen molar-refractivity contribution in [1.82, 2.24) is 9.37 Å². The third-order valence-corrected chi connectivity index (χ3v) is 6.91. The van der Waals surface area contributed by atoms with E-state index in [0.29, 0.717) is 10.0 Å². The molecule has 35 heavy (non-hydrogen) atoms. The number of para-hydroxylation sites is 1. The molecule has 1 aromatic carbocycles. The number of ether oxygens (including phenoxy) is 1. The van der Waals surface area contributed by atoms with Gasteiger partial charge in [-0.1, -0.05) is 42.6 Å². The highest BCUT2D eigenvalue weighted by molar-refractivity contribution is 7.89. The fourth-order valence-corrected chi connectivity index (χ4v) is 5.25. The van der Waals surface area contributed by atoms with E-state index in [9.17, 15) is 28.4 Å². The third-order valence-electron chi connectivity index (χ3n) is 5.17. The first-order valence-corrected chi connectivity index (χ1v) is 12.5. The van der Waals surface area contributed by atoms with Crippen molar-refractivity contribution < 1.29 is 32.8 Å². The van der Waals surface area contributed by atoms with E-state index in [2.05, 4.69) is 6.58 Å². The molecule has 1 aliphatic heterocycles. The lowest BCUT2D eigenvalue weighted by Crippen LogP contribution is -2.57. The van der Waals surface area contributed by atoms with Crippen LogP contribution in [0.2, 0.25) is 0 Å². The van der Waals surface area contributed by atoms with Gasteiger partial charge in [-0.25, -0.2) is 13.2 Å². The van der Waals surface area contributed by atoms with Crippen LogP contribution in [0.5, 0.6) is 0 Å². The number of nitro groups is 1. The molecular weight excluding hydrogens is 478 g/mol. The van der Waals surface area contributed by atoms with E-state index < -0.39 is 55.9 Å². The van der Waals surface area contributed by atoms with Gasteiger partial charge in [0.15, 0.2) is 4.90 Å². The number of hydroxylamine groups is 1. The summed E-state index contributed by atoms with van der Waals surface area (Å²) in [5.74, 6) is -0.203. The van der Waals surface area contributed by atoms with Crippen molar-refractivity contribution >= 4 is 21.8 Å². The van der Waals surface area contributed by atoms with Gasteiger partial charge in [0, 0.05) is 12.6 Å². The first kappa shape index (κ1) is 28.4. The number of benzene rings is 1. The molecular formula is C23H33N3O8S. The van der Waals surface area contributed by atoms with Gasteiger partial charge in [0.2, 0.25) is 0 Å². The standard InChI is InChI=1S/C23H33N3O8S/c1-7-12-33-26(35(31,32)21-11-9-8-10-19(21)25(29)30)20-14-24(22(28)34-23(4,5)6)17(15-27)13-18(20)16(2)3/h7-11,13,16-17,20,27H,1,12,14-15H2,2-6H3/t17-,20+/m1/s1. The number of carbonyl (C=O) groups excluding carboxylic acids is 1. The first-order valence-electron chi connectivity index (χ1n) is 11.1. The molecule has 0 unspecified atom stereocenters. The van der Waals surface area contributed by atoms with Crippen molar-refractivity contribution in [2.24, 2.45) is 5.92 Å². The Morgan fingerprint density at radius 3 is 2.51 bits per heavy atom. The van der Waals surface area contributed by atoms with E-state index >= 15 is 0 Å². The predicted molar refractivity (Wildman–Crippen MR) is 129 cm³/mol. The molecule has 1 amide bonds. The van der Waals surface area contributed by atoms with Gasteiger partial charge in [0.05, 0.1) is 30.2 Å². The average Bonchev–Trinajstić information content (AvgIpc) is 2.77. The van der Waals surface area contributed by atoms with E-state index in [1.54, 1.807) is 26.8 Å². The number of aliphatic hydroxyl groups is 1. The van der Waals surface area contributed by atoms with E-state index in [4.69, 9.17) is 9.57 Å². The van der Waals surface area contributed by atoms with Crippen molar-refractivity contribution in [1.29, 1.82) is 0 Å². The molecule has 0 radical (unpaired) electrons. The summed E-state index contributed by atoms with van der Waals surface area (Å²) < 4.78 is 33.6. The highest BCUT2D eigenvalue weighted by Crippen LogP contribution is 2.34. The highest BCUT2D eigenvalue weighted by Gasteiger charge is 2.44. The predicted octanol–water partition coefficient (Wildman–Crippen LogP) is 3.27. The van der Waals surface area contributed by atoms with Gasteiger partial charge in [-0.3, -0.25) is 19.9 Å². The molecule has 1 aliphatic rings. The monoisotopic (exact) mass is 511 g/mol. The van der Waals surface area contributed by atoms with Crippen LogP contribution in [0, 0.1) is 16.0 Å². The lowest BCUT2D eigenvalue weighted by Gasteiger charge is -2.42. The lowest BCUT2D eigenvalue weighted by atomic mass is 9.90. The summed E-state index contributed by atoms with van der Waals surface area (Å²) in [6.07, 6.45) is 2.21. The van der Waals surface area contributed by atoms with Gasteiger partial charge in [0.25, 0.3) is 15.7 Å². The topological polar surface area (TPSA) is 140 Å². The Balaban J connectivity index is 2.66. The molecule has 1 N–H and O–H groups in total. The molecule has 194 valence electrons. The van der Waals surface area contributed by atoms with Crippen LogP contribution < -0.4 is 0 Å². The second kappa shape index (κ2) is 11.3. The van der Waals surface area contributed by atoms with Crippen molar-refractivity contribution in [2.75, 3.05) is 19.8 Å². The fraction of sp³-hybridized carbons (Fsp3) is 0.522. The molecule has 0 bridgehead atoms. The molecule has 1 heterocycles. The van der Waals surface area contributed by atoms with Gasteiger partial charge in [0.1, 0.15) is 5.60 Å². The number of sulfonamides is 1. The normalized spacial score (nSPS) is 19.0. The Morgan fingerprint density at radius 2 is 2.00 bits per heavy atom. The fourth-order valence-electron chi connectivity index (χ4n) is 3.67. The molecule has 2 atom stereocenters. The second-order valence-corrected chi connectivity index (χ2v) is 11.0. The summed E-state index contributed by atoms with van der Waals surface area (Å²) in [6.45, 7) is 11.5. The molecule has 12 heteroatoms. The van der Waals surface area contributed by atoms with E-state index in [1.165, 1.54) is 23.1 Å². The summed E-state index contributed by atoms with van der Waals surface area (Å²) in [5, 5.41) is 21.5. The zero-order chi connectivity index (χ0) is 26.6. The Hall–Kier alpha value is -2.80. The maximum absolute atomic E-state index is 13.7. The first-order chi connectivity index (χ1) is 16.2. The van der Waals surface area contributed by atoms with E-state index in [-0.39, 0.29) is 19.1 Å². The summed E-state index contributed by atoms with van der Waals surface area (Å²) in [6, 6.07) is 3.15. The van der Waals surface area contributed by atoms with Crippen LogP contribution in [-0.2, 0) is 19.6 Å². The number of rotatable bonds is 9. The van der Waals surface area contributed by atoms with Gasteiger partial charge >= 0.3 is 6.09 Å². The van der Waals surface area contributed by atoms with Crippen molar-refractivity contribution in [3.63, 3.8) is 0 Å². The Bertz CT molecular complexity index is 1080. The Morgan fingerprint density at radius 1 is 1.37 bits per heavy atom. The quantitative estimate of drug-likeness (QED) is 0.303. The lowest BCUT2D eigenvalue weighted by molar-refractivity contribution is -0.388. The molecule has 0 aromatic heterocycles. The Labute approximate surface area is 205 Å². The van der Waals surface area contributed by atoms with Crippen LogP contribution in [0.4, 0.5) is 10.5 Å². The minimum Gasteiger partial charge on any atom is -0.444 e. The zero-order valence-corrected chi connectivity index (χ0v) is 21.4. The van der Waals surface area contributed by atoms with Crippen LogP contribution >= 0.6 is 0 Å². The van der Waals surface area contributed by atoms with Gasteiger partial charge in [-0.05, 0) is 38.3 Å². The van der Waals surface area contributed by atoms with Crippen molar-refractivity contribution in [3.8, 4) is 0 Å². The van der Waals surface area contributed by atoms with Crippen LogP contribution in [0.25, 0.3) is 0 Å². The molecule has 0 fully saturated rings. The summed E-state index contributed by atoms with van der Waals surface area (Å²) >= 11 is 0. The van der Waals surface area contributed by atoms with Gasteiger partial charge < -0.3 is 9.84 Å². The van der Waals surface area contributed by atoms with Crippen LogP contribution in [0.1, 0.15) is 34.6 Å². The number of nitro benzene ring substituents is 1. The second-order valence-electron chi connectivity index (χ2n) is 9.29.